The number of aromatic nitrogens is 2. The maximum atomic E-state index is 11.7. The van der Waals surface area contributed by atoms with Gasteiger partial charge in [0.05, 0.1) is 17.2 Å². The molecule has 0 bridgehead atoms. The average molecular weight is 216 g/mol. The van der Waals surface area contributed by atoms with Crippen molar-refractivity contribution < 1.29 is 0 Å². The normalized spacial score (nSPS) is 11.9. The second-order valence-corrected chi connectivity index (χ2v) is 4.70. The molecule has 3 nitrogen and oxygen atoms in total. The lowest BCUT2D eigenvalue weighted by atomic mass is 9.82. The van der Waals surface area contributed by atoms with Crippen LogP contribution in [0.3, 0.4) is 0 Å². The van der Waals surface area contributed by atoms with Crippen molar-refractivity contribution in [1.82, 2.24) is 9.97 Å². The Labute approximate surface area is 94.5 Å². The zero-order chi connectivity index (χ0) is 11.8. The van der Waals surface area contributed by atoms with E-state index in [1.807, 2.05) is 12.1 Å². The fraction of sp³-hybridized carbons (Fsp3) is 0.385. The maximum Gasteiger partial charge on any atom is 0.258 e. The fourth-order valence-corrected chi connectivity index (χ4v) is 1.69. The van der Waals surface area contributed by atoms with E-state index in [1.54, 1.807) is 0 Å². The molecule has 0 unspecified atom stereocenters. The lowest BCUT2D eigenvalue weighted by Crippen LogP contribution is -2.16. The molecule has 0 radical (unpaired) electrons. The molecule has 2 aromatic rings. The lowest BCUT2D eigenvalue weighted by molar-refractivity contribution is 0.507. The Balaban J connectivity index is 2.69. The molecule has 0 fully saturated rings. The van der Waals surface area contributed by atoms with E-state index in [0.29, 0.717) is 5.39 Å². The Morgan fingerprint density at radius 1 is 1.38 bits per heavy atom. The highest BCUT2D eigenvalue weighted by Gasteiger charge is 2.18. The van der Waals surface area contributed by atoms with Crippen LogP contribution >= 0.6 is 0 Å². The summed E-state index contributed by atoms with van der Waals surface area (Å²) in [6.07, 6.45) is 2.48. The molecule has 0 saturated heterocycles. The molecule has 3 heteroatoms. The Bertz CT molecular complexity index is 569. The number of H-pyrrole nitrogens is 1. The summed E-state index contributed by atoms with van der Waals surface area (Å²) in [5.41, 5.74) is 1.95. The molecule has 0 amide bonds. The largest absolute Gasteiger partial charge is 0.313 e. The summed E-state index contributed by atoms with van der Waals surface area (Å²) in [7, 11) is 0. The number of nitrogens with zero attached hydrogens (tertiary/aromatic N) is 1. The molecule has 1 aromatic heterocycles. The monoisotopic (exact) mass is 216 g/mol. The van der Waals surface area contributed by atoms with Crippen LogP contribution in [0.15, 0.2) is 29.3 Å². The van der Waals surface area contributed by atoms with Crippen LogP contribution in [0.4, 0.5) is 0 Å². The van der Waals surface area contributed by atoms with Gasteiger partial charge in [0.15, 0.2) is 0 Å². The number of hydrogen-bond donors (Lipinski definition) is 1. The molecule has 1 aromatic carbocycles. The quantitative estimate of drug-likeness (QED) is 0.838. The van der Waals surface area contributed by atoms with Crippen molar-refractivity contribution in [3.8, 4) is 0 Å². The van der Waals surface area contributed by atoms with Crippen molar-refractivity contribution in [1.29, 1.82) is 0 Å². The standard InChI is InChI=1S/C13H16N2O/c1-4-13(2,3)9-5-6-11-10(7-9)12(16)15-8-14-11/h5-8H,4H2,1-3H3,(H,14,15,16). The van der Waals surface area contributed by atoms with E-state index in [4.69, 9.17) is 0 Å². The van der Waals surface area contributed by atoms with Gasteiger partial charge in [-0.3, -0.25) is 4.79 Å². The van der Waals surface area contributed by atoms with E-state index in [0.717, 1.165) is 11.9 Å². The van der Waals surface area contributed by atoms with E-state index >= 15 is 0 Å². The van der Waals surface area contributed by atoms with E-state index in [9.17, 15) is 4.79 Å². The highest BCUT2D eigenvalue weighted by Crippen LogP contribution is 2.27. The van der Waals surface area contributed by atoms with Crippen LogP contribution < -0.4 is 5.56 Å². The van der Waals surface area contributed by atoms with E-state index in [-0.39, 0.29) is 11.0 Å². The van der Waals surface area contributed by atoms with Crippen LogP contribution in [0.25, 0.3) is 10.9 Å². The highest BCUT2D eigenvalue weighted by molar-refractivity contribution is 5.78. The second kappa shape index (κ2) is 3.74. The van der Waals surface area contributed by atoms with Crippen molar-refractivity contribution in [3.05, 3.63) is 40.4 Å². The second-order valence-electron chi connectivity index (χ2n) is 4.70. The number of rotatable bonds is 2. The van der Waals surface area contributed by atoms with E-state index in [2.05, 4.69) is 36.8 Å². The lowest BCUT2D eigenvalue weighted by Gasteiger charge is -2.23. The Hall–Kier alpha value is -1.64. The SMILES string of the molecule is CCC(C)(C)c1ccc2nc[nH]c(=O)c2c1. The number of fused-ring (bicyclic) bond motifs is 1. The highest BCUT2D eigenvalue weighted by atomic mass is 16.1. The average Bonchev–Trinajstić information content (AvgIpc) is 2.29. The van der Waals surface area contributed by atoms with Gasteiger partial charge < -0.3 is 4.98 Å². The third-order valence-corrected chi connectivity index (χ3v) is 3.31. The number of benzene rings is 1. The van der Waals surface area contributed by atoms with E-state index in [1.165, 1.54) is 11.9 Å². The summed E-state index contributed by atoms with van der Waals surface area (Å²) in [6, 6.07) is 5.92. The molecule has 0 aliphatic carbocycles. The first-order valence-electron chi connectivity index (χ1n) is 5.52. The first-order chi connectivity index (χ1) is 7.54. The molecule has 0 saturated carbocycles. The van der Waals surface area contributed by atoms with Crippen LogP contribution in [-0.4, -0.2) is 9.97 Å². The van der Waals surface area contributed by atoms with Gasteiger partial charge in [0.25, 0.3) is 5.56 Å². The summed E-state index contributed by atoms with van der Waals surface area (Å²) in [5.74, 6) is 0. The summed E-state index contributed by atoms with van der Waals surface area (Å²) in [4.78, 5) is 18.4. The van der Waals surface area contributed by atoms with Gasteiger partial charge in [0, 0.05) is 0 Å². The first kappa shape index (κ1) is 10.9. The number of hydrogen-bond acceptors (Lipinski definition) is 2. The maximum absolute atomic E-state index is 11.7. The van der Waals surface area contributed by atoms with Crippen LogP contribution in [0.2, 0.25) is 0 Å². The summed E-state index contributed by atoms with van der Waals surface area (Å²) in [6.45, 7) is 6.51. The van der Waals surface area contributed by atoms with Gasteiger partial charge >= 0.3 is 0 Å². The minimum atomic E-state index is -0.0706. The molecular formula is C13H16N2O. The minimum absolute atomic E-state index is 0.0706. The summed E-state index contributed by atoms with van der Waals surface area (Å²) >= 11 is 0. The predicted octanol–water partition coefficient (Wildman–Crippen LogP) is 2.61. The summed E-state index contributed by atoms with van der Waals surface area (Å²) in [5, 5.41) is 0.668. The molecule has 1 N–H and O–H groups in total. The summed E-state index contributed by atoms with van der Waals surface area (Å²) < 4.78 is 0. The minimum Gasteiger partial charge on any atom is -0.313 e. The van der Waals surface area contributed by atoms with E-state index < -0.39 is 0 Å². The van der Waals surface area contributed by atoms with Crippen molar-refractivity contribution in [2.75, 3.05) is 0 Å². The van der Waals surface area contributed by atoms with Gasteiger partial charge in [-0.15, -0.1) is 0 Å². The molecular weight excluding hydrogens is 200 g/mol. The Morgan fingerprint density at radius 3 is 2.81 bits per heavy atom. The zero-order valence-electron chi connectivity index (χ0n) is 9.87. The van der Waals surface area contributed by atoms with Crippen molar-refractivity contribution >= 4 is 10.9 Å². The smallest absolute Gasteiger partial charge is 0.258 e. The first-order valence-corrected chi connectivity index (χ1v) is 5.52. The van der Waals surface area contributed by atoms with Crippen LogP contribution in [0.5, 0.6) is 0 Å². The fourth-order valence-electron chi connectivity index (χ4n) is 1.69. The molecule has 0 aliphatic rings. The van der Waals surface area contributed by atoms with Gasteiger partial charge in [-0.05, 0) is 29.5 Å². The van der Waals surface area contributed by atoms with Crippen LogP contribution in [-0.2, 0) is 5.41 Å². The van der Waals surface area contributed by atoms with Gasteiger partial charge in [-0.2, -0.15) is 0 Å². The Morgan fingerprint density at radius 2 is 2.12 bits per heavy atom. The molecule has 0 spiro atoms. The van der Waals surface area contributed by atoms with Gasteiger partial charge in [-0.25, -0.2) is 4.98 Å². The Kier molecular flexibility index (Phi) is 2.54. The molecule has 16 heavy (non-hydrogen) atoms. The third-order valence-electron chi connectivity index (χ3n) is 3.31. The van der Waals surface area contributed by atoms with Crippen LogP contribution in [0, 0.1) is 0 Å². The third kappa shape index (κ3) is 1.73. The van der Waals surface area contributed by atoms with Gasteiger partial charge in [-0.1, -0.05) is 26.8 Å². The van der Waals surface area contributed by atoms with Gasteiger partial charge in [0.1, 0.15) is 0 Å². The molecule has 84 valence electrons. The molecule has 0 atom stereocenters. The topological polar surface area (TPSA) is 45.8 Å². The van der Waals surface area contributed by atoms with Crippen molar-refractivity contribution in [3.63, 3.8) is 0 Å². The number of nitrogens with one attached hydrogen (secondary N) is 1. The van der Waals surface area contributed by atoms with Crippen molar-refractivity contribution in [2.45, 2.75) is 32.6 Å². The van der Waals surface area contributed by atoms with Gasteiger partial charge in [0.2, 0.25) is 0 Å². The molecule has 1 heterocycles. The zero-order valence-corrected chi connectivity index (χ0v) is 9.87. The van der Waals surface area contributed by atoms with Crippen LogP contribution in [0.1, 0.15) is 32.8 Å². The predicted molar refractivity (Wildman–Crippen MR) is 65.7 cm³/mol. The van der Waals surface area contributed by atoms with Crippen molar-refractivity contribution in [2.24, 2.45) is 0 Å². The molecule has 2 rings (SSSR count). The molecule has 0 aliphatic heterocycles. The number of aromatic amines is 1.